The average molecular weight is 276 g/mol. The van der Waals surface area contributed by atoms with Gasteiger partial charge in [-0.25, -0.2) is 4.79 Å². The van der Waals surface area contributed by atoms with Gasteiger partial charge in [-0.3, -0.25) is 0 Å². The van der Waals surface area contributed by atoms with Crippen LogP contribution in [0.15, 0.2) is 28.7 Å². The second kappa shape index (κ2) is 6.81. The molecule has 0 amide bonds. The normalized spacial score (nSPS) is 10.7. The van der Waals surface area contributed by atoms with Crippen molar-refractivity contribution in [1.82, 2.24) is 10.2 Å². The molecule has 0 atom stereocenters. The molecule has 106 valence electrons. The van der Waals surface area contributed by atoms with Gasteiger partial charge < -0.3 is 14.3 Å². The van der Waals surface area contributed by atoms with E-state index in [0.29, 0.717) is 37.0 Å². The van der Waals surface area contributed by atoms with Gasteiger partial charge in [0.1, 0.15) is 0 Å². The molecule has 0 aliphatic rings. The van der Waals surface area contributed by atoms with E-state index in [2.05, 4.69) is 10.2 Å². The van der Waals surface area contributed by atoms with Gasteiger partial charge in [-0.15, -0.1) is 10.2 Å². The first-order chi connectivity index (χ1) is 9.70. The molecule has 6 heteroatoms. The fraction of sp³-hybridized carbons (Fsp3) is 0.357. The van der Waals surface area contributed by atoms with Crippen molar-refractivity contribution in [2.24, 2.45) is 0 Å². The molecule has 1 N–H and O–H groups in total. The van der Waals surface area contributed by atoms with Gasteiger partial charge in [-0.1, -0.05) is 0 Å². The Hall–Kier alpha value is -2.21. The van der Waals surface area contributed by atoms with E-state index in [9.17, 15) is 4.79 Å². The van der Waals surface area contributed by atoms with Gasteiger partial charge in [-0.05, 0) is 37.6 Å². The highest BCUT2D eigenvalue weighted by Crippen LogP contribution is 2.19. The number of aromatic nitrogens is 2. The molecule has 0 aliphatic heterocycles. The number of aryl methyl sites for hydroxylation is 1. The van der Waals surface area contributed by atoms with Crippen molar-refractivity contribution >= 4 is 5.97 Å². The maximum absolute atomic E-state index is 10.8. The Balaban J connectivity index is 1.99. The van der Waals surface area contributed by atoms with Crippen molar-refractivity contribution in [3.63, 3.8) is 0 Å². The van der Waals surface area contributed by atoms with Crippen molar-refractivity contribution in [2.75, 3.05) is 13.2 Å². The minimum atomic E-state index is -0.960. The highest BCUT2D eigenvalue weighted by Gasteiger charge is 2.09. The Kier molecular flexibility index (Phi) is 4.84. The molecule has 0 radical (unpaired) electrons. The van der Waals surface area contributed by atoms with Gasteiger partial charge in [-0.2, -0.15) is 0 Å². The number of hydrogen-bond acceptors (Lipinski definition) is 5. The highest BCUT2D eigenvalue weighted by molar-refractivity contribution is 5.88. The molecule has 0 aliphatic carbocycles. The van der Waals surface area contributed by atoms with Crippen LogP contribution in [0.5, 0.6) is 0 Å². The number of ether oxygens (including phenoxy) is 1. The first-order valence-electron chi connectivity index (χ1n) is 6.44. The minimum absolute atomic E-state index is 0.227. The summed E-state index contributed by atoms with van der Waals surface area (Å²) >= 11 is 0. The Labute approximate surface area is 116 Å². The van der Waals surface area contributed by atoms with Crippen LogP contribution in [0.4, 0.5) is 0 Å². The lowest BCUT2D eigenvalue weighted by molar-refractivity contribution is 0.0697. The number of carboxylic acids is 1. The topological polar surface area (TPSA) is 85.5 Å². The summed E-state index contributed by atoms with van der Waals surface area (Å²) in [6.07, 6.45) is 1.49. The minimum Gasteiger partial charge on any atom is -0.478 e. The van der Waals surface area contributed by atoms with Gasteiger partial charge in [0, 0.05) is 25.2 Å². The predicted octanol–water partition coefficient (Wildman–Crippen LogP) is 2.40. The molecule has 0 saturated carbocycles. The summed E-state index contributed by atoms with van der Waals surface area (Å²) in [6.45, 7) is 3.32. The van der Waals surface area contributed by atoms with E-state index in [1.54, 1.807) is 12.1 Å². The van der Waals surface area contributed by atoms with Gasteiger partial charge in [0.15, 0.2) is 0 Å². The molecule has 6 nitrogen and oxygen atoms in total. The summed E-state index contributed by atoms with van der Waals surface area (Å²) in [5.41, 5.74) is 0.934. The molecule has 1 aromatic carbocycles. The Morgan fingerprint density at radius 2 is 2.05 bits per heavy atom. The lowest BCUT2D eigenvalue weighted by atomic mass is 10.1. The zero-order valence-corrected chi connectivity index (χ0v) is 11.2. The van der Waals surface area contributed by atoms with E-state index in [1.807, 2.05) is 6.92 Å². The van der Waals surface area contributed by atoms with Crippen LogP contribution in [0.3, 0.4) is 0 Å². The van der Waals surface area contributed by atoms with E-state index in [0.717, 1.165) is 6.42 Å². The van der Waals surface area contributed by atoms with E-state index in [1.165, 1.54) is 12.1 Å². The molecule has 20 heavy (non-hydrogen) atoms. The summed E-state index contributed by atoms with van der Waals surface area (Å²) in [5.74, 6) is -0.00550. The fourth-order valence-electron chi connectivity index (χ4n) is 1.70. The summed E-state index contributed by atoms with van der Waals surface area (Å²) < 4.78 is 10.8. The standard InChI is InChI=1S/C14H16N2O4/c1-2-19-9-3-4-12-15-16-13(20-12)10-5-7-11(8-6-10)14(17)18/h5-8H,2-4,9H2,1H3,(H,17,18). The Bertz CT molecular complexity index is 563. The van der Waals surface area contributed by atoms with Gasteiger partial charge >= 0.3 is 5.97 Å². The molecule has 1 heterocycles. The number of nitrogens with zero attached hydrogens (tertiary/aromatic N) is 2. The highest BCUT2D eigenvalue weighted by atomic mass is 16.5. The largest absolute Gasteiger partial charge is 0.478 e. The van der Waals surface area contributed by atoms with Crippen LogP contribution in [-0.2, 0) is 11.2 Å². The lowest BCUT2D eigenvalue weighted by Gasteiger charge is -1.98. The van der Waals surface area contributed by atoms with Gasteiger partial charge in [0.05, 0.1) is 5.56 Å². The second-order valence-electron chi connectivity index (χ2n) is 4.18. The smallest absolute Gasteiger partial charge is 0.335 e. The summed E-state index contributed by atoms with van der Waals surface area (Å²) in [4.78, 5) is 10.8. The Morgan fingerprint density at radius 3 is 2.70 bits per heavy atom. The van der Waals surface area contributed by atoms with Gasteiger partial charge in [0.25, 0.3) is 0 Å². The zero-order valence-electron chi connectivity index (χ0n) is 11.2. The van der Waals surface area contributed by atoms with E-state index >= 15 is 0 Å². The number of hydrogen-bond donors (Lipinski definition) is 1. The third kappa shape index (κ3) is 3.64. The van der Waals surface area contributed by atoms with Crippen molar-refractivity contribution in [3.8, 4) is 11.5 Å². The van der Waals surface area contributed by atoms with E-state index in [4.69, 9.17) is 14.3 Å². The zero-order chi connectivity index (χ0) is 14.4. The lowest BCUT2D eigenvalue weighted by Crippen LogP contribution is -1.95. The molecule has 0 spiro atoms. The molecule has 0 saturated heterocycles. The Morgan fingerprint density at radius 1 is 1.30 bits per heavy atom. The number of benzene rings is 1. The molecular formula is C14H16N2O4. The third-order valence-corrected chi connectivity index (χ3v) is 2.73. The molecule has 0 fully saturated rings. The van der Waals surface area contributed by atoms with Crippen LogP contribution < -0.4 is 0 Å². The number of aromatic carboxylic acids is 1. The van der Waals surface area contributed by atoms with Crippen LogP contribution in [0.25, 0.3) is 11.5 Å². The van der Waals surface area contributed by atoms with Crippen LogP contribution in [0.1, 0.15) is 29.6 Å². The molecule has 2 aromatic rings. The van der Waals surface area contributed by atoms with E-state index < -0.39 is 5.97 Å². The SMILES string of the molecule is CCOCCCc1nnc(-c2ccc(C(=O)O)cc2)o1. The quantitative estimate of drug-likeness (QED) is 0.781. The average Bonchev–Trinajstić information content (AvgIpc) is 2.92. The maximum Gasteiger partial charge on any atom is 0.335 e. The number of carboxylic acid groups (broad SMARTS) is 1. The molecule has 0 bridgehead atoms. The molecule has 2 rings (SSSR count). The molecular weight excluding hydrogens is 260 g/mol. The second-order valence-corrected chi connectivity index (χ2v) is 4.18. The molecule has 0 unspecified atom stereocenters. The summed E-state index contributed by atoms with van der Waals surface area (Å²) in [5, 5.41) is 16.7. The summed E-state index contributed by atoms with van der Waals surface area (Å²) in [7, 11) is 0. The van der Waals surface area contributed by atoms with Crippen molar-refractivity contribution < 1.29 is 19.1 Å². The van der Waals surface area contributed by atoms with Crippen LogP contribution >= 0.6 is 0 Å². The first kappa shape index (κ1) is 14.2. The van der Waals surface area contributed by atoms with Gasteiger partial charge in [0.2, 0.25) is 11.8 Å². The fourth-order valence-corrected chi connectivity index (χ4v) is 1.70. The monoisotopic (exact) mass is 276 g/mol. The predicted molar refractivity (Wildman–Crippen MR) is 71.5 cm³/mol. The van der Waals surface area contributed by atoms with Crippen molar-refractivity contribution in [2.45, 2.75) is 19.8 Å². The summed E-state index contributed by atoms with van der Waals surface area (Å²) in [6, 6.07) is 6.33. The first-order valence-corrected chi connectivity index (χ1v) is 6.44. The van der Waals surface area contributed by atoms with Crippen molar-refractivity contribution in [1.29, 1.82) is 0 Å². The van der Waals surface area contributed by atoms with Crippen LogP contribution in [-0.4, -0.2) is 34.5 Å². The maximum atomic E-state index is 10.8. The molecule has 1 aromatic heterocycles. The van der Waals surface area contributed by atoms with Crippen LogP contribution in [0, 0.1) is 0 Å². The number of rotatable bonds is 7. The van der Waals surface area contributed by atoms with Crippen molar-refractivity contribution in [3.05, 3.63) is 35.7 Å². The van der Waals surface area contributed by atoms with E-state index in [-0.39, 0.29) is 5.56 Å². The van der Waals surface area contributed by atoms with Crippen LogP contribution in [0.2, 0.25) is 0 Å². The number of carbonyl (C=O) groups is 1. The third-order valence-electron chi connectivity index (χ3n) is 2.73.